The molecular weight excluding hydrogens is 176 g/mol. The molecule has 2 nitrogen and oxygen atoms in total. The summed E-state index contributed by atoms with van der Waals surface area (Å²) in [5, 5.41) is 0. The minimum absolute atomic E-state index is 0.0790. The van der Waals surface area contributed by atoms with Crippen LogP contribution in [0.1, 0.15) is 46.0 Å². The summed E-state index contributed by atoms with van der Waals surface area (Å²) in [4.78, 5) is 10.9. The SMILES string of the molecule is CCCC.O=C1OCC2CCCC=C12. The van der Waals surface area contributed by atoms with Gasteiger partial charge in [-0.25, -0.2) is 4.79 Å². The number of carbonyl (C=O) groups excluding carboxylic acids is 1. The van der Waals surface area contributed by atoms with Crippen LogP contribution < -0.4 is 0 Å². The number of rotatable bonds is 1. The summed E-state index contributed by atoms with van der Waals surface area (Å²) in [5.74, 6) is 0.353. The maximum Gasteiger partial charge on any atom is 0.334 e. The third kappa shape index (κ3) is 2.86. The molecule has 1 heterocycles. The fraction of sp³-hybridized carbons (Fsp3) is 0.750. The van der Waals surface area contributed by atoms with Crippen molar-refractivity contribution in [2.45, 2.75) is 46.0 Å². The van der Waals surface area contributed by atoms with Crippen LogP contribution in [0.5, 0.6) is 0 Å². The van der Waals surface area contributed by atoms with Gasteiger partial charge in [0.05, 0.1) is 6.61 Å². The van der Waals surface area contributed by atoms with Gasteiger partial charge in [0, 0.05) is 11.5 Å². The molecule has 14 heavy (non-hydrogen) atoms. The van der Waals surface area contributed by atoms with E-state index >= 15 is 0 Å². The molecule has 2 heteroatoms. The fourth-order valence-electron chi connectivity index (χ4n) is 1.63. The maximum absolute atomic E-state index is 10.9. The van der Waals surface area contributed by atoms with Gasteiger partial charge in [-0.2, -0.15) is 0 Å². The summed E-state index contributed by atoms with van der Waals surface area (Å²) in [6.45, 7) is 4.99. The quantitative estimate of drug-likeness (QED) is 0.602. The summed E-state index contributed by atoms with van der Waals surface area (Å²) in [7, 11) is 0. The molecule has 0 amide bonds. The van der Waals surface area contributed by atoms with Crippen molar-refractivity contribution < 1.29 is 9.53 Å². The van der Waals surface area contributed by atoms with Gasteiger partial charge in [0.1, 0.15) is 0 Å². The molecule has 1 fully saturated rings. The van der Waals surface area contributed by atoms with Gasteiger partial charge in [-0.15, -0.1) is 0 Å². The minimum Gasteiger partial charge on any atom is -0.462 e. The maximum atomic E-state index is 10.9. The summed E-state index contributed by atoms with van der Waals surface area (Å²) < 4.78 is 4.89. The summed E-state index contributed by atoms with van der Waals surface area (Å²) in [6.07, 6.45) is 8.08. The van der Waals surface area contributed by atoms with Crippen molar-refractivity contribution in [3.05, 3.63) is 11.6 Å². The fourth-order valence-corrected chi connectivity index (χ4v) is 1.63. The van der Waals surface area contributed by atoms with E-state index in [1.807, 2.05) is 6.08 Å². The van der Waals surface area contributed by atoms with Gasteiger partial charge in [-0.05, 0) is 19.3 Å². The molecule has 1 aliphatic heterocycles. The van der Waals surface area contributed by atoms with Gasteiger partial charge in [0.15, 0.2) is 0 Å². The van der Waals surface area contributed by atoms with Gasteiger partial charge < -0.3 is 4.74 Å². The molecule has 0 N–H and O–H groups in total. The van der Waals surface area contributed by atoms with Crippen molar-refractivity contribution in [2.24, 2.45) is 5.92 Å². The molecule has 0 aromatic heterocycles. The van der Waals surface area contributed by atoms with Gasteiger partial charge in [-0.1, -0.05) is 32.8 Å². The van der Waals surface area contributed by atoms with Gasteiger partial charge in [0.25, 0.3) is 0 Å². The predicted molar refractivity (Wildman–Crippen MR) is 57.0 cm³/mol. The lowest BCUT2D eigenvalue weighted by Crippen LogP contribution is -2.07. The van der Waals surface area contributed by atoms with Gasteiger partial charge >= 0.3 is 5.97 Å². The van der Waals surface area contributed by atoms with E-state index in [9.17, 15) is 4.79 Å². The monoisotopic (exact) mass is 196 g/mol. The highest BCUT2D eigenvalue weighted by Crippen LogP contribution is 2.30. The number of unbranched alkanes of at least 4 members (excludes halogenated alkanes) is 1. The molecule has 1 atom stereocenters. The topological polar surface area (TPSA) is 26.3 Å². The number of fused-ring (bicyclic) bond motifs is 1. The zero-order chi connectivity index (χ0) is 10.4. The summed E-state index contributed by atoms with van der Waals surface area (Å²) in [6, 6.07) is 0. The van der Waals surface area contributed by atoms with E-state index in [1.165, 1.54) is 19.3 Å². The lowest BCUT2D eigenvalue weighted by atomic mass is 9.90. The first kappa shape index (κ1) is 11.3. The van der Waals surface area contributed by atoms with Crippen molar-refractivity contribution in [1.82, 2.24) is 0 Å². The Morgan fingerprint density at radius 2 is 2.14 bits per heavy atom. The molecular formula is C12H20O2. The van der Waals surface area contributed by atoms with Crippen molar-refractivity contribution in [2.75, 3.05) is 6.61 Å². The van der Waals surface area contributed by atoms with Crippen LogP contribution in [0.4, 0.5) is 0 Å². The van der Waals surface area contributed by atoms with E-state index in [0.717, 1.165) is 18.4 Å². The van der Waals surface area contributed by atoms with Crippen molar-refractivity contribution in [1.29, 1.82) is 0 Å². The first-order valence-electron chi connectivity index (χ1n) is 5.66. The Kier molecular flexibility index (Phi) is 4.71. The highest BCUT2D eigenvalue weighted by molar-refractivity contribution is 5.91. The van der Waals surface area contributed by atoms with E-state index in [0.29, 0.717) is 12.5 Å². The molecule has 2 aliphatic rings. The van der Waals surface area contributed by atoms with E-state index in [2.05, 4.69) is 13.8 Å². The van der Waals surface area contributed by atoms with Crippen LogP contribution in [0.15, 0.2) is 11.6 Å². The molecule has 0 aromatic rings. The Balaban J connectivity index is 0.000000213. The van der Waals surface area contributed by atoms with Crippen LogP contribution >= 0.6 is 0 Å². The van der Waals surface area contributed by atoms with Gasteiger partial charge in [0.2, 0.25) is 0 Å². The zero-order valence-electron chi connectivity index (χ0n) is 9.21. The number of ether oxygens (including phenoxy) is 1. The molecule has 0 saturated carbocycles. The predicted octanol–water partition coefficient (Wildman–Crippen LogP) is 3.08. The Hall–Kier alpha value is -0.790. The minimum atomic E-state index is -0.0790. The standard InChI is InChI=1S/C8H10O2.C4H10/c9-8-7-4-2-1-3-6(7)5-10-8;1-3-4-2/h4,6H,1-3,5H2;3-4H2,1-2H3. The van der Waals surface area contributed by atoms with E-state index in [4.69, 9.17) is 4.74 Å². The molecule has 1 aliphatic carbocycles. The number of allylic oxidation sites excluding steroid dienone is 1. The van der Waals surface area contributed by atoms with E-state index in [-0.39, 0.29) is 5.97 Å². The molecule has 0 aromatic carbocycles. The third-order valence-corrected chi connectivity index (χ3v) is 2.71. The molecule has 0 radical (unpaired) electrons. The largest absolute Gasteiger partial charge is 0.462 e. The number of cyclic esters (lactones) is 1. The van der Waals surface area contributed by atoms with Crippen molar-refractivity contribution in [3.63, 3.8) is 0 Å². The Morgan fingerprint density at radius 1 is 1.43 bits per heavy atom. The molecule has 1 unspecified atom stereocenters. The third-order valence-electron chi connectivity index (χ3n) is 2.71. The summed E-state index contributed by atoms with van der Waals surface area (Å²) >= 11 is 0. The van der Waals surface area contributed by atoms with Crippen LogP contribution in [-0.4, -0.2) is 12.6 Å². The normalized spacial score (nSPS) is 24.3. The Morgan fingerprint density at radius 3 is 2.71 bits per heavy atom. The van der Waals surface area contributed by atoms with Crippen molar-refractivity contribution in [3.8, 4) is 0 Å². The molecule has 2 rings (SSSR count). The number of hydrogen-bond donors (Lipinski definition) is 0. The van der Waals surface area contributed by atoms with Crippen LogP contribution in [-0.2, 0) is 9.53 Å². The second-order valence-electron chi connectivity index (χ2n) is 3.89. The Bertz CT molecular complexity index is 216. The van der Waals surface area contributed by atoms with E-state index < -0.39 is 0 Å². The van der Waals surface area contributed by atoms with E-state index in [1.54, 1.807) is 0 Å². The number of esters is 1. The van der Waals surface area contributed by atoms with Crippen LogP contribution in [0, 0.1) is 5.92 Å². The molecule has 80 valence electrons. The highest BCUT2D eigenvalue weighted by Gasteiger charge is 2.31. The first-order valence-corrected chi connectivity index (χ1v) is 5.66. The zero-order valence-corrected chi connectivity index (χ0v) is 9.21. The second kappa shape index (κ2) is 5.84. The van der Waals surface area contributed by atoms with Crippen LogP contribution in [0.25, 0.3) is 0 Å². The van der Waals surface area contributed by atoms with Crippen molar-refractivity contribution >= 4 is 5.97 Å². The lowest BCUT2D eigenvalue weighted by molar-refractivity contribution is -0.135. The smallest absolute Gasteiger partial charge is 0.334 e. The van der Waals surface area contributed by atoms with Crippen LogP contribution in [0.3, 0.4) is 0 Å². The lowest BCUT2D eigenvalue weighted by Gasteiger charge is -2.11. The highest BCUT2D eigenvalue weighted by atomic mass is 16.5. The second-order valence-corrected chi connectivity index (χ2v) is 3.89. The number of hydrogen-bond acceptors (Lipinski definition) is 2. The number of carbonyl (C=O) groups is 1. The molecule has 0 bridgehead atoms. The summed E-state index contributed by atoms with van der Waals surface area (Å²) in [5.41, 5.74) is 0.936. The molecule has 1 saturated heterocycles. The average molecular weight is 196 g/mol. The van der Waals surface area contributed by atoms with Crippen LogP contribution in [0.2, 0.25) is 0 Å². The first-order chi connectivity index (χ1) is 6.79. The van der Waals surface area contributed by atoms with Gasteiger partial charge in [-0.3, -0.25) is 0 Å². The molecule has 0 spiro atoms. The average Bonchev–Trinajstić information content (AvgIpc) is 2.62. The Labute approximate surface area is 86.3 Å².